The minimum Gasteiger partial charge on any atom is -0.507 e. The molecule has 1 aliphatic carbocycles. The van der Waals surface area contributed by atoms with Gasteiger partial charge in [0.25, 0.3) is 0 Å². The minimum atomic E-state index is -0.750. The van der Waals surface area contributed by atoms with Crippen molar-refractivity contribution in [3.8, 4) is 50.8 Å². The second-order valence-corrected chi connectivity index (χ2v) is 18.1. The number of hydrogen-bond donors (Lipinski definition) is 2. The van der Waals surface area contributed by atoms with E-state index in [9.17, 15) is 5.11 Å². The highest BCUT2D eigenvalue weighted by Gasteiger charge is 2.48. The molecular weight excluding hydrogens is 673 g/mol. The Bertz CT molecular complexity index is 2500. The van der Waals surface area contributed by atoms with E-state index >= 15 is 0 Å². The van der Waals surface area contributed by atoms with Crippen LogP contribution in [0.4, 0.5) is 0 Å². The van der Waals surface area contributed by atoms with Crippen molar-refractivity contribution in [2.45, 2.75) is 84.0 Å². The molecule has 0 atom stereocenters. The molecular formula is C50H50N4O. The quantitative estimate of drug-likeness (QED) is 0.185. The summed E-state index contributed by atoms with van der Waals surface area (Å²) in [6.45, 7) is 20.3. The Morgan fingerprint density at radius 3 is 1.64 bits per heavy atom. The number of phenolic OH excluding ortho intramolecular Hbond substituents is 1. The Kier molecular flexibility index (Phi) is 8.49. The van der Waals surface area contributed by atoms with E-state index < -0.39 is 5.41 Å². The summed E-state index contributed by atoms with van der Waals surface area (Å²) < 4.78 is 0. The lowest BCUT2D eigenvalue weighted by atomic mass is 9.71. The zero-order valence-electron chi connectivity index (χ0n) is 33.4. The molecule has 0 saturated carbocycles. The molecule has 8 rings (SSSR count). The van der Waals surface area contributed by atoms with Crippen LogP contribution in [0.25, 0.3) is 45.0 Å². The van der Waals surface area contributed by atoms with E-state index in [-0.39, 0.29) is 22.0 Å². The van der Waals surface area contributed by atoms with Crippen LogP contribution in [0.2, 0.25) is 0 Å². The van der Waals surface area contributed by atoms with Crippen LogP contribution < -0.4 is 0 Å². The maximum absolute atomic E-state index is 11.1. The molecule has 0 radical (unpaired) electrons. The first kappa shape index (κ1) is 36.2. The molecule has 3 aromatic heterocycles. The number of rotatable bonds is 5. The van der Waals surface area contributed by atoms with Crippen LogP contribution in [-0.2, 0) is 21.7 Å². The van der Waals surface area contributed by atoms with Gasteiger partial charge in [-0.15, -0.1) is 0 Å². The van der Waals surface area contributed by atoms with Crippen molar-refractivity contribution < 1.29 is 5.11 Å². The first-order valence-corrected chi connectivity index (χ1v) is 19.2. The smallest absolute Gasteiger partial charge is 0.156 e. The van der Waals surface area contributed by atoms with Crippen LogP contribution in [0, 0.1) is 0 Å². The van der Waals surface area contributed by atoms with Crippen LogP contribution in [0.3, 0.4) is 0 Å². The third-order valence-electron chi connectivity index (χ3n) is 11.2. The fourth-order valence-corrected chi connectivity index (χ4v) is 7.99. The van der Waals surface area contributed by atoms with E-state index in [0.29, 0.717) is 22.8 Å². The van der Waals surface area contributed by atoms with Gasteiger partial charge in [-0.2, -0.15) is 0 Å². The molecule has 0 saturated heterocycles. The first-order chi connectivity index (χ1) is 26.0. The molecule has 5 nitrogen and oxygen atoms in total. The van der Waals surface area contributed by atoms with Gasteiger partial charge >= 0.3 is 0 Å². The van der Waals surface area contributed by atoms with Gasteiger partial charge in [0.2, 0.25) is 0 Å². The summed E-state index contributed by atoms with van der Waals surface area (Å²) in [7, 11) is 0. The van der Waals surface area contributed by atoms with Crippen LogP contribution in [0.1, 0.15) is 102 Å². The summed E-state index contributed by atoms with van der Waals surface area (Å²) >= 11 is 0. The van der Waals surface area contributed by atoms with E-state index in [2.05, 4.69) is 158 Å². The van der Waals surface area contributed by atoms with E-state index in [1.807, 2.05) is 30.6 Å². The normalized spacial score (nSPS) is 13.8. The monoisotopic (exact) mass is 722 g/mol. The van der Waals surface area contributed by atoms with Crippen LogP contribution in [-0.4, -0.2) is 25.0 Å². The van der Waals surface area contributed by atoms with E-state index in [4.69, 9.17) is 15.0 Å². The lowest BCUT2D eigenvalue weighted by molar-refractivity contribution is 0.477. The zero-order chi connectivity index (χ0) is 38.9. The number of aromatic amines is 1. The first-order valence-electron chi connectivity index (χ1n) is 19.2. The predicted octanol–water partition coefficient (Wildman–Crippen LogP) is 12.2. The second kappa shape index (κ2) is 12.9. The van der Waals surface area contributed by atoms with Crippen molar-refractivity contribution in [1.82, 2.24) is 19.9 Å². The summed E-state index contributed by atoms with van der Waals surface area (Å²) in [6.07, 6.45) is 3.91. The molecule has 4 aromatic carbocycles. The Hall–Kier alpha value is -5.81. The molecule has 0 bridgehead atoms. The largest absolute Gasteiger partial charge is 0.507 e. The maximum atomic E-state index is 11.1. The highest BCUT2D eigenvalue weighted by Crippen LogP contribution is 2.55. The van der Waals surface area contributed by atoms with Crippen molar-refractivity contribution in [2.24, 2.45) is 0 Å². The van der Waals surface area contributed by atoms with Gasteiger partial charge in [0.1, 0.15) is 16.9 Å². The van der Waals surface area contributed by atoms with Gasteiger partial charge in [0.05, 0.1) is 23.3 Å². The van der Waals surface area contributed by atoms with E-state index in [1.165, 1.54) is 27.8 Å². The summed E-state index contributed by atoms with van der Waals surface area (Å²) in [6, 6.07) is 40.3. The molecule has 5 heteroatoms. The number of pyridine rings is 2. The fourth-order valence-electron chi connectivity index (χ4n) is 7.99. The third kappa shape index (κ3) is 6.26. The van der Waals surface area contributed by atoms with Crippen LogP contribution in [0.5, 0.6) is 5.75 Å². The fraction of sp³-hybridized carbons (Fsp3) is 0.260. The Morgan fingerprint density at radius 2 is 1.05 bits per heavy atom. The van der Waals surface area contributed by atoms with Crippen molar-refractivity contribution in [3.63, 3.8) is 0 Å². The van der Waals surface area contributed by atoms with Gasteiger partial charge in [-0.1, -0.05) is 141 Å². The average Bonchev–Trinajstić information content (AvgIpc) is 3.76. The van der Waals surface area contributed by atoms with Gasteiger partial charge in [0, 0.05) is 11.8 Å². The average molecular weight is 723 g/mol. The number of aromatic hydroxyl groups is 1. The van der Waals surface area contributed by atoms with E-state index in [0.717, 1.165) is 33.6 Å². The van der Waals surface area contributed by atoms with Gasteiger partial charge in [-0.3, -0.25) is 4.98 Å². The molecule has 7 aromatic rings. The number of fused-ring (bicyclic) bond motifs is 3. The lowest BCUT2D eigenvalue weighted by Gasteiger charge is -2.32. The molecule has 0 unspecified atom stereocenters. The number of nitrogens with zero attached hydrogens (tertiary/aromatic N) is 3. The Labute approximate surface area is 325 Å². The third-order valence-corrected chi connectivity index (χ3v) is 11.2. The second-order valence-electron chi connectivity index (χ2n) is 18.1. The van der Waals surface area contributed by atoms with Crippen molar-refractivity contribution >= 4 is 0 Å². The molecule has 0 fully saturated rings. The molecule has 2 N–H and O–H groups in total. The summed E-state index contributed by atoms with van der Waals surface area (Å²) in [5.41, 5.74) is 13.5. The van der Waals surface area contributed by atoms with Crippen molar-refractivity contribution in [3.05, 3.63) is 167 Å². The van der Waals surface area contributed by atoms with Crippen molar-refractivity contribution in [2.75, 3.05) is 0 Å². The van der Waals surface area contributed by atoms with Crippen LogP contribution >= 0.6 is 0 Å². The van der Waals surface area contributed by atoms with Gasteiger partial charge in [-0.25, -0.2) is 9.97 Å². The number of hydrogen-bond acceptors (Lipinski definition) is 4. The minimum absolute atomic E-state index is 0.0528. The maximum Gasteiger partial charge on any atom is 0.156 e. The SMILES string of the molecule is CC(C)(C)c1cc(-c2cc(-c3ncc(C4(c5cc(C(C)(C)C)ccn5)c5ccccc5-c5ccccc54)[nH]3)nc(-c3ccccc3O)c2)cc(C(C)(C)C)c1. The topological polar surface area (TPSA) is 74.7 Å². The van der Waals surface area contributed by atoms with Crippen molar-refractivity contribution in [1.29, 1.82) is 0 Å². The number of aromatic nitrogens is 4. The summed E-state index contributed by atoms with van der Waals surface area (Å²) in [5.74, 6) is 0.824. The number of nitrogens with one attached hydrogen (secondary N) is 1. The van der Waals surface area contributed by atoms with Gasteiger partial charge < -0.3 is 10.1 Å². The highest BCUT2D eigenvalue weighted by molar-refractivity contribution is 5.86. The number of imidazole rings is 1. The Morgan fingerprint density at radius 1 is 0.527 bits per heavy atom. The van der Waals surface area contributed by atoms with Crippen LogP contribution in [0.15, 0.2) is 128 Å². The molecule has 3 heterocycles. The summed E-state index contributed by atoms with van der Waals surface area (Å²) in [5, 5.41) is 11.1. The molecule has 0 aliphatic heterocycles. The van der Waals surface area contributed by atoms with E-state index in [1.54, 1.807) is 6.07 Å². The highest BCUT2D eigenvalue weighted by atomic mass is 16.3. The molecule has 0 amide bonds. The van der Waals surface area contributed by atoms with Gasteiger partial charge in [0.15, 0.2) is 5.82 Å². The zero-order valence-corrected chi connectivity index (χ0v) is 33.4. The predicted molar refractivity (Wildman–Crippen MR) is 226 cm³/mol. The molecule has 0 spiro atoms. The Balaban J connectivity index is 1.38. The lowest BCUT2D eigenvalue weighted by Crippen LogP contribution is -2.31. The molecule has 55 heavy (non-hydrogen) atoms. The number of H-pyrrole nitrogens is 1. The number of phenols is 1. The summed E-state index contributed by atoms with van der Waals surface area (Å²) in [4.78, 5) is 19.3. The standard InChI is InChI=1S/C50H50N4O/c1-47(2,3)33-22-23-51-44(29-33)50(39-19-13-10-16-36(39)37-17-11-14-20-40(37)50)45-30-52-46(54-45)42-27-32(26-41(53-42)38-18-12-15-21-43(38)55)31-24-34(48(4,5)6)28-35(25-31)49(7,8)9/h10-30,55H,1-9H3,(H,52,54). The molecule has 1 aliphatic rings. The number of para-hydroxylation sites is 1. The number of benzene rings is 4. The van der Waals surface area contributed by atoms with Gasteiger partial charge in [-0.05, 0) is 103 Å². The molecule has 276 valence electrons.